The van der Waals surface area contributed by atoms with Gasteiger partial charge in [0.15, 0.2) is 0 Å². The normalized spacial score (nSPS) is 38.2. The van der Waals surface area contributed by atoms with Crippen LogP contribution in [-0.4, -0.2) is 20.0 Å². The lowest BCUT2D eigenvalue weighted by Crippen LogP contribution is -2.57. The minimum Gasteiger partial charge on any atom is -0.425 e. The largest absolute Gasteiger partial charge is 0.425 e. The number of aryl methyl sites for hydroxylation is 4. The molecule has 140 valence electrons. The van der Waals surface area contributed by atoms with E-state index in [9.17, 15) is 0 Å². The van der Waals surface area contributed by atoms with E-state index < -0.39 is 0 Å². The van der Waals surface area contributed by atoms with Crippen molar-refractivity contribution in [3.8, 4) is 0 Å². The molecule has 2 unspecified atom stereocenters. The van der Waals surface area contributed by atoms with Crippen LogP contribution in [0.1, 0.15) is 75.5 Å². The third-order valence-electron chi connectivity index (χ3n) is 7.19. The molecule has 4 aliphatic rings. The van der Waals surface area contributed by atoms with E-state index in [2.05, 4.69) is 42.1 Å². The lowest BCUT2D eigenvalue weighted by molar-refractivity contribution is -0.117. The van der Waals surface area contributed by atoms with E-state index in [4.69, 9.17) is 4.42 Å². The Morgan fingerprint density at radius 2 is 1.81 bits per heavy atom. The predicted octanol–water partition coefficient (Wildman–Crippen LogP) is 4.37. The summed E-state index contributed by atoms with van der Waals surface area (Å²) >= 11 is 0. The van der Waals surface area contributed by atoms with Crippen molar-refractivity contribution < 1.29 is 4.42 Å². The molecule has 0 saturated heterocycles. The Morgan fingerprint density at radius 1 is 1.08 bits per heavy atom. The van der Waals surface area contributed by atoms with E-state index in [0.717, 1.165) is 36.4 Å². The van der Waals surface area contributed by atoms with E-state index in [-0.39, 0.29) is 5.41 Å². The van der Waals surface area contributed by atoms with Gasteiger partial charge in [0.05, 0.1) is 5.69 Å². The Bertz CT molecular complexity index is 832. The van der Waals surface area contributed by atoms with Crippen LogP contribution in [0.25, 0.3) is 0 Å². The highest BCUT2D eigenvalue weighted by Crippen LogP contribution is 2.69. The zero-order valence-electron chi connectivity index (χ0n) is 16.5. The first-order valence-corrected chi connectivity index (χ1v) is 10.1. The number of hydrogen-bond acceptors (Lipinski definition) is 4. The molecule has 5 nitrogen and oxygen atoms in total. The monoisotopic (exact) mass is 354 g/mol. The first kappa shape index (κ1) is 16.5. The summed E-state index contributed by atoms with van der Waals surface area (Å²) in [6.45, 7) is 9.90. The van der Waals surface area contributed by atoms with Crippen molar-refractivity contribution in [2.75, 3.05) is 0 Å². The molecule has 5 heteroatoms. The Morgan fingerprint density at radius 3 is 2.42 bits per heavy atom. The Balaban J connectivity index is 1.37. The standard InChI is InChI=1S/C21H30N4O/c1-14-7-15(2)25(24-14)6-5-17-22-23-18(26-17)21-10-16-8-19(3,12-21)11-20(4,9-16)13-21/h7,16H,5-6,8-13H2,1-4H3. The lowest BCUT2D eigenvalue weighted by Gasteiger charge is -2.64. The lowest BCUT2D eigenvalue weighted by atomic mass is 9.40. The molecule has 4 saturated carbocycles. The van der Waals surface area contributed by atoms with Gasteiger partial charge in [-0.15, -0.1) is 10.2 Å². The van der Waals surface area contributed by atoms with Gasteiger partial charge in [-0.3, -0.25) is 4.68 Å². The fourth-order valence-electron chi connectivity index (χ4n) is 7.36. The van der Waals surface area contributed by atoms with Gasteiger partial charge in [0.1, 0.15) is 0 Å². The molecule has 6 rings (SSSR count). The summed E-state index contributed by atoms with van der Waals surface area (Å²) in [7, 11) is 0. The molecule has 2 atom stereocenters. The summed E-state index contributed by atoms with van der Waals surface area (Å²) in [6, 6.07) is 2.11. The molecular formula is C21H30N4O. The van der Waals surface area contributed by atoms with Gasteiger partial charge in [-0.25, -0.2) is 0 Å². The van der Waals surface area contributed by atoms with Gasteiger partial charge >= 0.3 is 0 Å². The number of nitrogens with zero attached hydrogens (tertiary/aromatic N) is 4. The molecule has 0 radical (unpaired) electrons. The van der Waals surface area contributed by atoms with Gasteiger partial charge in [-0.2, -0.15) is 5.10 Å². The summed E-state index contributed by atoms with van der Waals surface area (Å²) in [5.41, 5.74) is 3.30. The van der Waals surface area contributed by atoms with Crippen molar-refractivity contribution in [1.82, 2.24) is 20.0 Å². The average molecular weight is 354 g/mol. The van der Waals surface area contributed by atoms with E-state index in [0.29, 0.717) is 10.8 Å². The maximum Gasteiger partial charge on any atom is 0.222 e. The minimum absolute atomic E-state index is 0.131. The van der Waals surface area contributed by atoms with Crippen LogP contribution in [-0.2, 0) is 18.4 Å². The maximum atomic E-state index is 6.26. The van der Waals surface area contributed by atoms with Crippen molar-refractivity contribution in [2.45, 2.75) is 84.6 Å². The van der Waals surface area contributed by atoms with Crippen molar-refractivity contribution in [3.05, 3.63) is 29.2 Å². The number of hydrogen-bond donors (Lipinski definition) is 0. The van der Waals surface area contributed by atoms with Crippen LogP contribution in [0.5, 0.6) is 0 Å². The first-order chi connectivity index (χ1) is 12.3. The summed E-state index contributed by atoms with van der Waals surface area (Å²) < 4.78 is 8.30. The van der Waals surface area contributed by atoms with Crippen LogP contribution in [0.3, 0.4) is 0 Å². The molecule has 0 N–H and O–H groups in total. The average Bonchev–Trinajstić information content (AvgIpc) is 3.08. The Hall–Kier alpha value is -1.65. The molecule has 26 heavy (non-hydrogen) atoms. The van der Waals surface area contributed by atoms with Crippen LogP contribution in [0.2, 0.25) is 0 Å². The zero-order valence-corrected chi connectivity index (χ0v) is 16.5. The SMILES string of the molecule is Cc1cc(C)n(CCc2nnc(C34CC5CC(C)(CC(C)(C5)C3)C4)o2)n1. The van der Waals surface area contributed by atoms with E-state index in [1.54, 1.807) is 0 Å². The fraction of sp³-hybridized carbons (Fsp3) is 0.762. The van der Waals surface area contributed by atoms with Gasteiger partial charge in [-0.05, 0) is 75.2 Å². The van der Waals surface area contributed by atoms with Gasteiger partial charge in [0.2, 0.25) is 11.8 Å². The smallest absolute Gasteiger partial charge is 0.222 e. The molecule has 4 fully saturated rings. The van der Waals surface area contributed by atoms with Crippen LogP contribution in [0, 0.1) is 30.6 Å². The van der Waals surface area contributed by atoms with Crippen LogP contribution in [0.15, 0.2) is 10.5 Å². The minimum atomic E-state index is 0.131. The fourth-order valence-corrected chi connectivity index (χ4v) is 7.36. The van der Waals surface area contributed by atoms with Crippen molar-refractivity contribution in [1.29, 1.82) is 0 Å². The second-order valence-corrected chi connectivity index (χ2v) is 10.3. The second-order valence-electron chi connectivity index (χ2n) is 10.3. The van der Waals surface area contributed by atoms with Crippen molar-refractivity contribution >= 4 is 0 Å². The van der Waals surface area contributed by atoms with Crippen molar-refractivity contribution in [3.63, 3.8) is 0 Å². The molecule has 0 amide bonds. The topological polar surface area (TPSA) is 56.7 Å². The molecule has 0 aromatic carbocycles. The van der Waals surface area contributed by atoms with E-state index >= 15 is 0 Å². The maximum absolute atomic E-state index is 6.26. The third kappa shape index (κ3) is 2.54. The highest BCUT2D eigenvalue weighted by molar-refractivity contribution is 5.20. The summed E-state index contributed by atoms with van der Waals surface area (Å²) in [6.07, 6.45) is 8.61. The number of rotatable bonds is 4. The molecule has 2 aromatic rings. The molecule has 0 spiro atoms. The number of aromatic nitrogens is 4. The molecule has 0 aliphatic heterocycles. The van der Waals surface area contributed by atoms with Crippen LogP contribution >= 0.6 is 0 Å². The molecule has 4 aliphatic carbocycles. The predicted molar refractivity (Wildman–Crippen MR) is 98.8 cm³/mol. The Labute approximate surface area is 155 Å². The molecular weight excluding hydrogens is 324 g/mol. The van der Waals surface area contributed by atoms with Crippen LogP contribution < -0.4 is 0 Å². The van der Waals surface area contributed by atoms with Gasteiger partial charge < -0.3 is 4.42 Å². The summed E-state index contributed by atoms with van der Waals surface area (Å²) in [5.74, 6) is 2.52. The Kier molecular flexibility index (Phi) is 3.31. The molecule has 2 heterocycles. The second kappa shape index (κ2) is 5.20. The van der Waals surface area contributed by atoms with Gasteiger partial charge in [0.25, 0.3) is 0 Å². The van der Waals surface area contributed by atoms with Gasteiger partial charge in [0, 0.05) is 24.1 Å². The van der Waals surface area contributed by atoms with E-state index in [1.165, 1.54) is 44.2 Å². The summed E-state index contributed by atoms with van der Waals surface area (Å²) in [5, 5.41) is 13.5. The highest BCUT2D eigenvalue weighted by Gasteiger charge is 2.62. The van der Waals surface area contributed by atoms with Crippen LogP contribution in [0.4, 0.5) is 0 Å². The summed E-state index contributed by atoms with van der Waals surface area (Å²) in [4.78, 5) is 0. The third-order valence-corrected chi connectivity index (χ3v) is 7.19. The molecule has 2 aromatic heterocycles. The quantitative estimate of drug-likeness (QED) is 0.818. The van der Waals surface area contributed by atoms with Gasteiger partial charge in [-0.1, -0.05) is 13.8 Å². The highest BCUT2D eigenvalue weighted by atomic mass is 16.4. The first-order valence-electron chi connectivity index (χ1n) is 10.1. The van der Waals surface area contributed by atoms with E-state index in [1.807, 2.05) is 11.6 Å². The van der Waals surface area contributed by atoms with Crippen molar-refractivity contribution in [2.24, 2.45) is 16.7 Å². The zero-order chi connectivity index (χ0) is 18.2. The molecule has 4 bridgehead atoms.